The Morgan fingerprint density at radius 1 is 1.26 bits per heavy atom. The summed E-state index contributed by atoms with van der Waals surface area (Å²) in [6, 6.07) is 10.7. The Morgan fingerprint density at radius 3 is 2.76 bits per heavy atom. The predicted octanol–water partition coefficient (Wildman–Crippen LogP) is 7.03. The van der Waals surface area contributed by atoms with Crippen LogP contribution in [0.25, 0.3) is 0 Å². The summed E-state index contributed by atoms with van der Waals surface area (Å²) in [6.07, 6.45) is 1.72. The monoisotopic (exact) mass is 620 g/mol. The van der Waals surface area contributed by atoms with Gasteiger partial charge in [0.2, 0.25) is 11.1 Å². The average Bonchev–Trinajstić information content (AvgIpc) is 3.29. The van der Waals surface area contributed by atoms with Crippen LogP contribution in [0.5, 0.6) is 11.5 Å². The number of nitrogens with zero attached hydrogens (tertiary/aromatic N) is 3. The maximum atomic E-state index is 13.3. The van der Waals surface area contributed by atoms with E-state index in [1.165, 1.54) is 11.8 Å². The first kappa shape index (κ1) is 28.3. The van der Waals surface area contributed by atoms with Gasteiger partial charge in [-0.2, -0.15) is 4.98 Å². The summed E-state index contributed by atoms with van der Waals surface area (Å²) in [6.45, 7) is 6.56. The second kappa shape index (κ2) is 12.9. The average molecular weight is 622 g/mol. The Bertz CT molecular complexity index is 1350. The molecule has 0 saturated heterocycles. The number of esters is 1. The number of halogens is 2. The topological polar surface area (TPSA) is 87.5 Å². The van der Waals surface area contributed by atoms with Gasteiger partial charge in [-0.1, -0.05) is 61.8 Å². The molecule has 0 aliphatic carbocycles. The molecule has 1 aromatic heterocycles. The van der Waals surface area contributed by atoms with Crippen molar-refractivity contribution in [3.8, 4) is 11.5 Å². The highest BCUT2D eigenvalue weighted by molar-refractivity contribution is 9.10. The third-order valence-corrected chi connectivity index (χ3v) is 7.63. The Hall–Kier alpha value is -2.69. The Kier molecular flexibility index (Phi) is 9.62. The highest BCUT2D eigenvalue weighted by Crippen LogP contribution is 2.43. The number of rotatable bonds is 11. The normalized spacial score (nSPS) is 14.6. The number of unbranched alkanes of at least 4 members (excludes halogenated alkanes) is 1. The van der Waals surface area contributed by atoms with Crippen molar-refractivity contribution in [2.75, 3.05) is 24.8 Å². The Morgan fingerprint density at radius 2 is 2.05 bits per heavy atom. The van der Waals surface area contributed by atoms with E-state index in [9.17, 15) is 4.79 Å². The molecule has 0 fully saturated rings. The number of benzene rings is 2. The summed E-state index contributed by atoms with van der Waals surface area (Å²) < 4.78 is 19.9. The molecule has 2 aromatic carbocycles. The zero-order valence-electron chi connectivity index (χ0n) is 21.7. The van der Waals surface area contributed by atoms with Crippen molar-refractivity contribution in [1.29, 1.82) is 0 Å². The van der Waals surface area contributed by atoms with E-state index in [0.29, 0.717) is 50.0 Å². The lowest BCUT2D eigenvalue weighted by molar-refractivity contribution is -0.139. The minimum absolute atomic E-state index is 0.264. The molecule has 1 unspecified atom stereocenters. The van der Waals surface area contributed by atoms with Crippen molar-refractivity contribution in [3.63, 3.8) is 0 Å². The van der Waals surface area contributed by atoms with Crippen molar-refractivity contribution < 1.29 is 19.0 Å². The van der Waals surface area contributed by atoms with Gasteiger partial charge in [0.05, 0.1) is 23.8 Å². The first-order valence-corrected chi connectivity index (χ1v) is 14.5. The van der Waals surface area contributed by atoms with E-state index >= 15 is 0 Å². The molecule has 1 aliphatic heterocycles. The van der Waals surface area contributed by atoms with E-state index in [2.05, 4.69) is 33.2 Å². The summed E-state index contributed by atoms with van der Waals surface area (Å²) in [5.41, 5.74) is 2.75. The van der Waals surface area contributed by atoms with Crippen LogP contribution in [0.2, 0.25) is 5.02 Å². The number of fused-ring (bicyclic) bond motifs is 1. The molecule has 1 aliphatic rings. The SMILES string of the molecule is CCCCOC(=O)C1=C(C)Nc2nc(SCC)nn2C1c1cc(Br)c(OCc2ccccc2Cl)c(OC)c1. The quantitative estimate of drug-likeness (QED) is 0.139. The molecule has 1 N–H and O–H groups in total. The lowest BCUT2D eigenvalue weighted by Crippen LogP contribution is -2.30. The smallest absolute Gasteiger partial charge is 0.338 e. The third-order valence-electron chi connectivity index (χ3n) is 5.95. The predicted molar refractivity (Wildman–Crippen MR) is 153 cm³/mol. The van der Waals surface area contributed by atoms with E-state index in [0.717, 1.165) is 29.7 Å². The van der Waals surface area contributed by atoms with Crippen molar-refractivity contribution in [2.24, 2.45) is 0 Å². The van der Waals surface area contributed by atoms with Crippen LogP contribution in [0.1, 0.15) is 50.8 Å². The molecule has 2 heterocycles. The minimum Gasteiger partial charge on any atom is -0.493 e. The van der Waals surface area contributed by atoms with Gasteiger partial charge in [-0.3, -0.25) is 0 Å². The molecule has 0 bridgehead atoms. The van der Waals surface area contributed by atoms with Crippen LogP contribution in [0.4, 0.5) is 5.95 Å². The molecule has 4 rings (SSSR count). The fraction of sp³-hybridized carbons (Fsp3) is 0.370. The van der Waals surface area contributed by atoms with E-state index < -0.39 is 12.0 Å². The molecular formula is C27H30BrClN4O4S. The molecule has 38 heavy (non-hydrogen) atoms. The minimum atomic E-state index is -0.582. The lowest BCUT2D eigenvalue weighted by Gasteiger charge is -2.29. The standard InChI is InChI=1S/C27H30BrClN4O4S/c1-5-7-12-36-25(34)22-16(3)30-26-31-27(38-6-2)32-33(26)23(22)18-13-19(28)24(21(14-18)35-4)37-15-17-10-8-9-11-20(17)29/h8-11,13-14,23H,5-7,12,15H2,1-4H3,(H,30,31,32). The maximum absolute atomic E-state index is 13.3. The highest BCUT2D eigenvalue weighted by Gasteiger charge is 2.36. The summed E-state index contributed by atoms with van der Waals surface area (Å²) in [5.74, 6) is 2.01. The van der Waals surface area contributed by atoms with Crippen LogP contribution in [0, 0.1) is 0 Å². The summed E-state index contributed by atoms with van der Waals surface area (Å²) in [7, 11) is 1.58. The van der Waals surface area contributed by atoms with Gasteiger partial charge in [0, 0.05) is 16.3 Å². The number of nitrogens with one attached hydrogen (secondary N) is 1. The fourth-order valence-corrected chi connectivity index (χ4v) is 5.40. The Labute approximate surface area is 240 Å². The first-order chi connectivity index (χ1) is 18.4. The molecule has 1 atom stereocenters. The molecule has 11 heteroatoms. The van der Waals surface area contributed by atoms with Crippen LogP contribution in [-0.4, -0.2) is 40.2 Å². The lowest BCUT2D eigenvalue weighted by atomic mass is 9.95. The van der Waals surface area contributed by atoms with Gasteiger partial charge in [-0.25, -0.2) is 9.48 Å². The van der Waals surface area contributed by atoms with E-state index in [-0.39, 0.29) is 6.61 Å². The fourth-order valence-electron chi connectivity index (χ4n) is 4.08. The largest absolute Gasteiger partial charge is 0.493 e. The zero-order valence-corrected chi connectivity index (χ0v) is 24.9. The second-order valence-electron chi connectivity index (χ2n) is 8.57. The highest BCUT2D eigenvalue weighted by atomic mass is 79.9. The van der Waals surface area contributed by atoms with Gasteiger partial charge in [0.25, 0.3) is 0 Å². The molecular weight excluding hydrogens is 592 g/mol. The molecule has 0 saturated carbocycles. The van der Waals surface area contributed by atoms with Crippen LogP contribution in [0.15, 0.2) is 57.3 Å². The number of methoxy groups -OCH3 is 1. The van der Waals surface area contributed by atoms with Crippen LogP contribution in [-0.2, 0) is 16.1 Å². The van der Waals surface area contributed by atoms with Crippen LogP contribution >= 0.6 is 39.3 Å². The second-order valence-corrected chi connectivity index (χ2v) is 11.1. The van der Waals surface area contributed by atoms with E-state index in [1.54, 1.807) is 11.8 Å². The van der Waals surface area contributed by atoms with E-state index in [1.807, 2.05) is 50.2 Å². The Balaban J connectivity index is 1.75. The van der Waals surface area contributed by atoms with Gasteiger partial charge >= 0.3 is 5.97 Å². The zero-order chi connectivity index (χ0) is 27.2. The molecule has 202 valence electrons. The number of carbonyl (C=O) groups excluding carboxylic acids is 1. The number of allylic oxidation sites excluding steroid dienone is 1. The summed E-state index contributed by atoms with van der Waals surface area (Å²) in [5, 5.41) is 9.20. The maximum Gasteiger partial charge on any atom is 0.338 e. The molecule has 8 nitrogen and oxygen atoms in total. The molecule has 0 spiro atoms. The van der Waals surface area contributed by atoms with Crippen molar-refractivity contribution in [3.05, 3.63) is 68.3 Å². The summed E-state index contributed by atoms with van der Waals surface area (Å²) >= 11 is 11.5. The molecule has 0 amide bonds. The number of carbonyl (C=O) groups is 1. The number of anilines is 1. The number of hydrogen-bond donors (Lipinski definition) is 1. The number of ether oxygens (including phenoxy) is 3. The van der Waals surface area contributed by atoms with Crippen molar-refractivity contribution >= 4 is 51.2 Å². The van der Waals surface area contributed by atoms with E-state index in [4.69, 9.17) is 30.9 Å². The van der Waals surface area contributed by atoms with Crippen molar-refractivity contribution in [1.82, 2.24) is 14.8 Å². The van der Waals surface area contributed by atoms with Crippen LogP contribution in [0.3, 0.4) is 0 Å². The molecule has 3 aromatic rings. The van der Waals surface area contributed by atoms with Crippen molar-refractivity contribution in [2.45, 2.75) is 51.4 Å². The number of aromatic nitrogens is 3. The summed E-state index contributed by atoms with van der Waals surface area (Å²) in [4.78, 5) is 18.0. The van der Waals surface area contributed by atoms with Gasteiger partial charge in [-0.15, -0.1) is 5.10 Å². The molecule has 0 radical (unpaired) electrons. The first-order valence-electron chi connectivity index (χ1n) is 12.4. The van der Waals surface area contributed by atoms with Gasteiger partial charge in [-0.05, 0) is 58.8 Å². The third kappa shape index (κ3) is 6.13. The van der Waals surface area contributed by atoms with Gasteiger partial charge in [0.1, 0.15) is 12.6 Å². The number of hydrogen-bond acceptors (Lipinski definition) is 8. The van der Waals surface area contributed by atoms with Crippen LogP contribution < -0.4 is 14.8 Å². The van der Waals surface area contributed by atoms with Gasteiger partial charge < -0.3 is 19.5 Å². The number of thioether (sulfide) groups is 1. The van der Waals surface area contributed by atoms with Gasteiger partial charge in [0.15, 0.2) is 11.5 Å².